The predicted octanol–water partition coefficient (Wildman–Crippen LogP) is 5.89. The van der Waals surface area contributed by atoms with E-state index in [0.29, 0.717) is 5.75 Å². The third-order valence-corrected chi connectivity index (χ3v) is 9.07. The fourth-order valence-electron chi connectivity index (χ4n) is 4.91. The van der Waals surface area contributed by atoms with Crippen LogP contribution >= 0.6 is 0 Å². The van der Waals surface area contributed by atoms with Crippen LogP contribution in [0.15, 0.2) is 108 Å². The van der Waals surface area contributed by atoms with Gasteiger partial charge in [0.05, 0.1) is 17.7 Å². The van der Waals surface area contributed by atoms with Crippen molar-refractivity contribution in [3.05, 3.63) is 126 Å². The first-order chi connectivity index (χ1) is 21.8. The van der Waals surface area contributed by atoms with Crippen molar-refractivity contribution in [3.8, 4) is 5.75 Å². The van der Waals surface area contributed by atoms with Gasteiger partial charge in [-0.25, -0.2) is 12.8 Å². The Morgan fingerprint density at radius 1 is 0.848 bits per heavy atom. The van der Waals surface area contributed by atoms with E-state index in [2.05, 4.69) is 5.32 Å². The highest BCUT2D eigenvalue weighted by Gasteiger charge is 2.35. The Hall–Kier alpha value is -4.70. The number of carbonyl (C=O) groups excluding carboxylic acids is 2. The number of methoxy groups -OCH3 is 1. The van der Waals surface area contributed by atoms with Gasteiger partial charge in [0.25, 0.3) is 10.0 Å². The van der Waals surface area contributed by atoms with Crippen LogP contribution in [0.3, 0.4) is 0 Å². The highest BCUT2D eigenvalue weighted by molar-refractivity contribution is 7.92. The van der Waals surface area contributed by atoms with Crippen molar-refractivity contribution in [1.82, 2.24) is 10.2 Å². The molecule has 0 saturated carbocycles. The number of anilines is 1. The minimum atomic E-state index is -4.33. The van der Waals surface area contributed by atoms with Crippen LogP contribution in [-0.2, 0) is 32.6 Å². The maximum Gasteiger partial charge on any atom is 0.264 e. The Morgan fingerprint density at radius 2 is 1.46 bits per heavy atom. The predicted molar refractivity (Wildman–Crippen MR) is 177 cm³/mol. The number of nitrogens with one attached hydrogen (secondary N) is 1. The molecule has 0 radical (unpaired) electrons. The van der Waals surface area contributed by atoms with Crippen LogP contribution in [-0.4, -0.2) is 50.4 Å². The molecule has 4 rings (SSSR count). The zero-order valence-electron chi connectivity index (χ0n) is 26.7. The molecule has 0 fully saturated rings. The molecular formula is C36H40FN3O5S. The zero-order chi connectivity index (χ0) is 33.5. The lowest BCUT2D eigenvalue weighted by molar-refractivity contribution is -0.140. The van der Waals surface area contributed by atoms with Crippen LogP contribution in [0.2, 0.25) is 0 Å². The van der Waals surface area contributed by atoms with Crippen LogP contribution in [0.4, 0.5) is 10.1 Å². The first-order valence-corrected chi connectivity index (χ1v) is 16.3. The summed E-state index contributed by atoms with van der Waals surface area (Å²) < 4.78 is 48.3. The summed E-state index contributed by atoms with van der Waals surface area (Å²) in [5.41, 5.74) is 2.13. The molecule has 46 heavy (non-hydrogen) atoms. The Labute approximate surface area is 270 Å². The third-order valence-electron chi connectivity index (χ3n) is 7.28. The average Bonchev–Trinajstić information content (AvgIpc) is 3.02. The normalized spacial score (nSPS) is 12.2. The molecule has 242 valence electrons. The van der Waals surface area contributed by atoms with Crippen molar-refractivity contribution in [2.45, 2.75) is 57.1 Å². The molecule has 4 aromatic carbocycles. The Kier molecular flexibility index (Phi) is 10.8. The molecule has 0 heterocycles. The summed E-state index contributed by atoms with van der Waals surface area (Å²) in [6.45, 7) is 6.93. The SMILES string of the molecule is COc1ccc(S(=O)(=O)N(CC(=O)N(Cc2ccc(C)cc2)[C@H](Cc2ccccc2)C(=O)NC(C)(C)C)c2ccc(F)cc2)cc1. The molecule has 4 aromatic rings. The highest BCUT2D eigenvalue weighted by Crippen LogP contribution is 2.27. The van der Waals surface area contributed by atoms with Gasteiger partial charge in [0.1, 0.15) is 24.2 Å². The minimum Gasteiger partial charge on any atom is -0.497 e. The van der Waals surface area contributed by atoms with Gasteiger partial charge in [-0.15, -0.1) is 0 Å². The molecule has 8 nitrogen and oxygen atoms in total. The first-order valence-electron chi connectivity index (χ1n) is 14.9. The second kappa shape index (κ2) is 14.6. The molecule has 0 bridgehead atoms. The quantitative estimate of drug-likeness (QED) is 0.207. The topological polar surface area (TPSA) is 96.0 Å². The van der Waals surface area contributed by atoms with Gasteiger partial charge >= 0.3 is 0 Å². The number of hydrogen-bond acceptors (Lipinski definition) is 5. The van der Waals surface area contributed by atoms with Gasteiger partial charge in [-0.1, -0.05) is 60.2 Å². The lowest BCUT2D eigenvalue weighted by atomic mass is 10.0. The van der Waals surface area contributed by atoms with Crippen molar-refractivity contribution in [1.29, 1.82) is 0 Å². The monoisotopic (exact) mass is 645 g/mol. The van der Waals surface area contributed by atoms with Crippen molar-refractivity contribution in [2.75, 3.05) is 18.0 Å². The number of hydrogen-bond donors (Lipinski definition) is 1. The molecular weight excluding hydrogens is 605 g/mol. The fourth-order valence-corrected chi connectivity index (χ4v) is 6.32. The number of amides is 2. The van der Waals surface area contributed by atoms with Crippen molar-refractivity contribution in [2.24, 2.45) is 0 Å². The van der Waals surface area contributed by atoms with Crippen LogP contribution in [0.5, 0.6) is 5.75 Å². The minimum absolute atomic E-state index is 0.0496. The third kappa shape index (κ3) is 8.94. The van der Waals surface area contributed by atoms with Gasteiger partial charge in [0.15, 0.2) is 0 Å². The van der Waals surface area contributed by atoms with Crippen molar-refractivity contribution < 1.29 is 27.1 Å². The van der Waals surface area contributed by atoms with Gasteiger partial charge in [-0.2, -0.15) is 0 Å². The number of carbonyl (C=O) groups is 2. The number of halogens is 1. The van der Waals surface area contributed by atoms with Crippen LogP contribution in [0.1, 0.15) is 37.5 Å². The number of aryl methyl sites for hydroxylation is 1. The number of benzene rings is 4. The van der Waals surface area contributed by atoms with Crippen LogP contribution in [0, 0.1) is 12.7 Å². The maximum absolute atomic E-state index is 14.5. The summed E-state index contributed by atoms with van der Waals surface area (Å²) in [6, 6.07) is 26.6. The highest BCUT2D eigenvalue weighted by atomic mass is 32.2. The van der Waals surface area contributed by atoms with Crippen LogP contribution in [0.25, 0.3) is 0 Å². The molecule has 0 aromatic heterocycles. The van der Waals surface area contributed by atoms with Crippen LogP contribution < -0.4 is 14.4 Å². The summed E-state index contributed by atoms with van der Waals surface area (Å²) in [5, 5.41) is 3.01. The van der Waals surface area contributed by atoms with Crippen molar-refractivity contribution >= 4 is 27.5 Å². The molecule has 0 saturated heterocycles. The van der Waals surface area contributed by atoms with E-state index in [1.165, 1.54) is 48.4 Å². The standard InChI is InChI=1S/C36H40FN3O5S/c1-26-11-13-28(14-12-26)24-39(33(35(42)38-36(2,3)4)23-27-9-7-6-8-10-27)34(41)25-40(30-17-15-29(37)16-18-30)46(43,44)32-21-19-31(45-5)20-22-32/h6-22,33H,23-25H2,1-5H3,(H,38,42)/t33-/m1/s1. The van der Waals surface area contributed by atoms with Gasteiger partial charge < -0.3 is 15.0 Å². The van der Waals surface area contributed by atoms with Gasteiger partial charge in [0, 0.05) is 18.5 Å². The molecule has 2 amide bonds. The number of sulfonamides is 1. The summed E-state index contributed by atoms with van der Waals surface area (Å²) >= 11 is 0. The van der Waals surface area contributed by atoms with E-state index in [0.717, 1.165) is 33.1 Å². The first kappa shape index (κ1) is 34.2. The summed E-state index contributed by atoms with van der Waals surface area (Å²) in [7, 11) is -2.86. The zero-order valence-corrected chi connectivity index (χ0v) is 27.6. The number of rotatable bonds is 12. The maximum atomic E-state index is 14.5. The largest absolute Gasteiger partial charge is 0.497 e. The molecule has 0 aliphatic heterocycles. The Bertz CT molecular complexity index is 1720. The Morgan fingerprint density at radius 3 is 2.02 bits per heavy atom. The number of ether oxygens (including phenoxy) is 1. The van der Waals surface area contributed by atoms with E-state index >= 15 is 0 Å². The molecule has 10 heteroatoms. The van der Waals surface area contributed by atoms with E-state index in [1.54, 1.807) is 0 Å². The summed E-state index contributed by atoms with van der Waals surface area (Å²) in [5.74, 6) is -1.07. The second-order valence-corrected chi connectivity index (χ2v) is 14.0. The van der Waals surface area contributed by atoms with E-state index < -0.39 is 39.9 Å². The summed E-state index contributed by atoms with van der Waals surface area (Å²) in [6.07, 6.45) is 0.197. The average molecular weight is 646 g/mol. The fraction of sp³-hybridized carbons (Fsp3) is 0.278. The lowest BCUT2D eigenvalue weighted by Gasteiger charge is -2.35. The molecule has 0 aliphatic carbocycles. The van der Waals surface area contributed by atoms with E-state index in [4.69, 9.17) is 4.74 Å². The van der Waals surface area contributed by atoms with Gasteiger partial charge in [-0.05, 0) is 87.4 Å². The molecule has 0 aliphatic rings. The van der Waals surface area contributed by atoms with E-state index in [-0.39, 0.29) is 29.5 Å². The second-order valence-electron chi connectivity index (χ2n) is 12.1. The summed E-state index contributed by atoms with van der Waals surface area (Å²) in [4.78, 5) is 29.8. The van der Waals surface area contributed by atoms with Crippen molar-refractivity contribution in [3.63, 3.8) is 0 Å². The van der Waals surface area contributed by atoms with Gasteiger partial charge in [-0.3, -0.25) is 13.9 Å². The smallest absolute Gasteiger partial charge is 0.264 e. The molecule has 1 N–H and O–H groups in total. The number of nitrogens with zero attached hydrogens (tertiary/aromatic N) is 2. The molecule has 0 unspecified atom stereocenters. The molecule has 1 atom stereocenters. The Balaban J connectivity index is 1.81. The van der Waals surface area contributed by atoms with Gasteiger partial charge in [0.2, 0.25) is 11.8 Å². The van der Waals surface area contributed by atoms with E-state index in [9.17, 15) is 22.4 Å². The van der Waals surface area contributed by atoms with E-state index in [1.807, 2.05) is 82.3 Å². The molecule has 0 spiro atoms. The lowest BCUT2D eigenvalue weighted by Crippen LogP contribution is -2.56.